The molecule has 0 aliphatic heterocycles. The average Bonchev–Trinajstić information content (AvgIpc) is 3.81. The Hall–Kier alpha value is -6.83. The molecule has 1 aliphatic rings. The number of aromatic nitrogens is 6. The first kappa shape index (κ1) is 38.1. The Labute approximate surface area is 322 Å². The summed E-state index contributed by atoms with van der Waals surface area (Å²) in [5, 5.41) is 7.36. The predicted octanol–water partition coefficient (Wildman–Crippen LogP) is 8.36. The van der Waals surface area contributed by atoms with E-state index in [0.29, 0.717) is 44.7 Å². The van der Waals surface area contributed by atoms with Gasteiger partial charge < -0.3 is 15.3 Å². The third kappa shape index (κ3) is 7.52. The summed E-state index contributed by atoms with van der Waals surface area (Å²) in [5.74, 6) is -5.18. The minimum absolute atomic E-state index is 0.0306. The number of nitrogens with zero attached hydrogens (tertiary/aromatic N) is 4. The van der Waals surface area contributed by atoms with Crippen LogP contribution < -0.4 is 10.9 Å². The number of hydrogen-bond donors (Lipinski definition) is 3. The molecular weight excluding hydrogens is 774 g/mol. The summed E-state index contributed by atoms with van der Waals surface area (Å²) in [6, 6.07) is 16.1. The Morgan fingerprint density at radius 3 is 2.43 bits per heavy atom. The van der Waals surface area contributed by atoms with E-state index in [0.717, 1.165) is 12.1 Å². The summed E-state index contributed by atoms with van der Waals surface area (Å²) in [6.45, 7) is -1.20. The summed E-state index contributed by atoms with van der Waals surface area (Å²) in [6.07, 6.45) is -3.62. The monoisotopic (exact) mass is 801 g/mol. The Morgan fingerprint density at radius 2 is 1.66 bits per heavy atom. The van der Waals surface area contributed by atoms with E-state index in [2.05, 4.69) is 37.2 Å². The molecule has 0 saturated carbocycles. The number of benzene rings is 2. The summed E-state index contributed by atoms with van der Waals surface area (Å²) >= 11 is 0. The Bertz CT molecular complexity index is 2850. The van der Waals surface area contributed by atoms with Crippen molar-refractivity contribution in [3.63, 3.8) is 0 Å². The number of pyridine rings is 3. The van der Waals surface area contributed by atoms with Crippen LogP contribution in [-0.4, -0.2) is 35.6 Å². The van der Waals surface area contributed by atoms with Gasteiger partial charge in [0.1, 0.15) is 40.9 Å². The molecule has 1 amide bonds. The lowest BCUT2D eigenvalue weighted by Crippen LogP contribution is -2.37. The van der Waals surface area contributed by atoms with Crippen molar-refractivity contribution >= 4 is 27.8 Å². The maximum absolute atomic E-state index is 15.2. The van der Waals surface area contributed by atoms with E-state index in [1.165, 1.54) is 12.3 Å². The summed E-state index contributed by atoms with van der Waals surface area (Å²) < 4.78 is 117. The van der Waals surface area contributed by atoms with Crippen molar-refractivity contribution in [2.24, 2.45) is 0 Å². The third-order valence-electron chi connectivity index (χ3n) is 9.67. The molecule has 9 nitrogen and oxygen atoms in total. The van der Waals surface area contributed by atoms with E-state index >= 15 is 8.78 Å². The normalized spacial score (nSPS) is 14.9. The van der Waals surface area contributed by atoms with Crippen LogP contribution in [0.2, 0.25) is 0 Å². The van der Waals surface area contributed by atoms with Crippen LogP contribution in [-0.2, 0) is 29.6 Å². The van der Waals surface area contributed by atoms with E-state index < -0.39 is 78.2 Å². The maximum Gasteiger partial charge on any atom is 0.290 e. The highest BCUT2D eigenvalue weighted by atomic mass is 19.3. The molecule has 5 aromatic heterocycles. The zero-order chi connectivity index (χ0) is 40.9. The predicted molar refractivity (Wildman–Crippen MR) is 195 cm³/mol. The first-order valence-electron chi connectivity index (χ1n) is 17.6. The van der Waals surface area contributed by atoms with Crippen LogP contribution in [0.3, 0.4) is 0 Å². The number of halogens is 8. The molecule has 3 N–H and O–H groups in total. The van der Waals surface area contributed by atoms with Gasteiger partial charge in [0.2, 0.25) is 11.5 Å². The van der Waals surface area contributed by atoms with Gasteiger partial charge in [-0.15, -0.1) is 0 Å². The van der Waals surface area contributed by atoms with Crippen LogP contribution in [0.1, 0.15) is 64.8 Å². The van der Waals surface area contributed by atoms with Crippen molar-refractivity contribution in [1.82, 2.24) is 35.0 Å². The molecule has 0 saturated heterocycles. The summed E-state index contributed by atoms with van der Waals surface area (Å²) in [5.41, 5.74) is -2.19. The third-order valence-corrected chi connectivity index (χ3v) is 9.67. The second-order valence-corrected chi connectivity index (χ2v) is 13.7. The molecule has 1 aliphatic carbocycles. The molecule has 1 atom stereocenters. The number of aromatic amines is 2. The van der Waals surface area contributed by atoms with Crippen LogP contribution >= 0.6 is 0 Å². The molecule has 0 bridgehead atoms. The second-order valence-electron chi connectivity index (χ2n) is 13.7. The first-order valence-corrected chi connectivity index (χ1v) is 17.6. The molecule has 58 heavy (non-hydrogen) atoms. The van der Waals surface area contributed by atoms with Gasteiger partial charge in [-0.2, -0.15) is 13.9 Å². The highest BCUT2D eigenvalue weighted by Crippen LogP contribution is 2.52. The molecule has 7 aromatic rings. The minimum Gasteiger partial charge on any atom is -0.346 e. The zero-order valence-electron chi connectivity index (χ0n) is 29.7. The summed E-state index contributed by atoms with van der Waals surface area (Å²) in [7, 11) is 0. The molecule has 0 radical (unpaired) electrons. The van der Waals surface area contributed by atoms with E-state index in [4.69, 9.17) is 4.98 Å². The molecular formula is C41H27F8N7O2. The van der Waals surface area contributed by atoms with Gasteiger partial charge in [0.25, 0.3) is 18.3 Å². The fourth-order valence-corrected chi connectivity index (χ4v) is 7.10. The number of carbonyl (C=O) groups excluding carboxylic acids is 1. The second kappa shape index (κ2) is 14.6. The van der Waals surface area contributed by atoms with E-state index in [9.17, 15) is 35.9 Å². The minimum atomic E-state index is -4.07. The maximum atomic E-state index is 15.2. The smallest absolute Gasteiger partial charge is 0.290 e. The van der Waals surface area contributed by atoms with Crippen molar-refractivity contribution in [2.75, 3.05) is 0 Å². The van der Waals surface area contributed by atoms with Crippen LogP contribution in [0.4, 0.5) is 35.1 Å². The summed E-state index contributed by atoms with van der Waals surface area (Å²) in [4.78, 5) is 40.4. The van der Waals surface area contributed by atoms with Gasteiger partial charge in [0.05, 0.1) is 17.3 Å². The van der Waals surface area contributed by atoms with Gasteiger partial charge in [0, 0.05) is 65.0 Å². The lowest BCUT2D eigenvalue weighted by molar-refractivity contribution is -0.123. The number of alkyl halides is 6. The molecule has 0 unspecified atom stereocenters. The number of fused-ring (bicyclic) bond motifs is 3. The number of amides is 1. The standard InChI is InChI=1S/C41H27F8N7O2/c42-26-14-22(15-27(43)18-26)16-31(54-33(58)20-56-37-34(36(55-56)38(44)45)40(46,47)10-11-41(37,48)49)35-29(25-17-24-9-12-50-39(24)51-19-25)6-5-28(52-35)4-1-21-2-7-30-23(13-21)3-8-32(57)53-30/h2-3,5-9,12-15,17-19,31,38H,10-11,16,20H2,(H,50,51)(H,53,57)(H,54,58)/t31-/m0/s1. The SMILES string of the molecule is O=C(Cn1nc(C(F)F)c2c1C(F)(F)CCC2(F)F)N[C@@H](Cc1cc(F)cc(F)c1)c1nc(C#Cc2ccc3[nH]c(=O)ccc3c2)ccc1-c1cnc2[nH]ccc2c1. The van der Waals surface area contributed by atoms with Crippen LogP contribution in [0.15, 0.2) is 90.0 Å². The molecule has 294 valence electrons. The van der Waals surface area contributed by atoms with Crippen LogP contribution in [0.5, 0.6) is 0 Å². The number of hydrogen-bond acceptors (Lipinski definition) is 5. The molecule has 8 rings (SSSR count). The topological polar surface area (TPSA) is 121 Å². The Morgan fingerprint density at radius 1 is 0.879 bits per heavy atom. The molecule has 5 heterocycles. The zero-order valence-corrected chi connectivity index (χ0v) is 29.7. The number of carbonyl (C=O) groups is 1. The van der Waals surface area contributed by atoms with Crippen molar-refractivity contribution in [3.8, 4) is 23.0 Å². The number of rotatable bonds is 8. The van der Waals surface area contributed by atoms with Crippen molar-refractivity contribution in [3.05, 3.63) is 147 Å². The Balaban J connectivity index is 1.23. The largest absolute Gasteiger partial charge is 0.346 e. The lowest BCUT2D eigenvalue weighted by Gasteiger charge is -2.29. The van der Waals surface area contributed by atoms with Gasteiger partial charge >= 0.3 is 0 Å². The fraction of sp³-hybridized carbons (Fsp3) is 0.195. The number of H-pyrrole nitrogens is 2. The molecule has 17 heteroatoms. The van der Waals surface area contributed by atoms with Crippen molar-refractivity contribution in [2.45, 2.75) is 50.1 Å². The lowest BCUT2D eigenvalue weighted by atomic mass is 9.89. The van der Waals surface area contributed by atoms with Crippen LogP contribution in [0, 0.1) is 23.5 Å². The van der Waals surface area contributed by atoms with Crippen molar-refractivity contribution < 1.29 is 39.9 Å². The average molecular weight is 802 g/mol. The van der Waals surface area contributed by atoms with Gasteiger partial charge in [0.15, 0.2) is 0 Å². The van der Waals surface area contributed by atoms with E-state index in [1.807, 2.05) is 0 Å². The van der Waals surface area contributed by atoms with Gasteiger partial charge in [-0.3, -0.25) is 14.3 Å². The van der Waals surface area contributed by atoms with Crippen molar-refractivity contribution in [1.29, 1.82) is 0 Å². The quantitative estimate of drug-likeness (QED) is 0.105. The van der Waals surface area contributed by atoms with Gasteiger partial charge in [-0.1, -0.05) is 5.92 Å². The van der Waals surface area contributed by atoms with Gasteiger partial charge in [-0.05, 0) is 84.0 Å². The van der Waals surface area contributed by atoms with E-state index in [1.54, 1.807) is 54.7 Å². The first-order chi connectivity index (χ1) is 27.6. The highest BCUT2D eigenvalue weighted by Gasteiger charge is 2.55. The fourth-order valence-electron chi connectivity index (χ4n) is 7.10. The van der Waals surface area contributed by atoms with Gasteiger partial charge in [-0.25, -0.2) is 36.3 Å². The Kier molecular flexibility index (Phi) is 9.58. The molecule has 0 fully saturated rings. The highest BCUT2D eigenvalue weighted by molar-refractivity contribution is 5.83. The molecule has 2 aromatic carbocycles. The van der Waals surface area contributed by atoms with Crippen LogP contribution in [0.25, 0.3) is 33.1 Å². The molecule has 0 spiro atoms. The number of nitrogens with one attached hydrogen (secondary N) is 3. The van der Waals surface area contributed by atoms with E-state index in [-0.39, 0.29) is 33.6 Å².